The van der Waals surface area contributed by atoms with Crippen molar-refractivity contribution in [3.05, 3.63) is 29.3 Å². The Morgan fingerprint density at radius 2 is 2.00 bits per heavy atom. The van der Waals surface area contributed by atoms with Gasteiger partial charge in [0, 0.05) is 42.9 Å². The van der Waals surface area contributed by atoms with Crippen LogP contribution in [0.15, 0.2) is 18.2 Å². The summed E-state index contributed by atoms with van der Waals surface area (Å²) in [5.74, 6) is 6.43. The first kappa shape index (κ1) is 25.8. The Morgan fingerprint density at radius 1 is 1.18 bits per heavy atom. The van der Waals surface area contributed by atoms with Crippen molar-refractivity contribution in [3.8, 4) is 5.75 Å². The van der Waals surface area contributed by atoms with Gasteiger partial charge in [0.15, 0.2) is 0 Å². The third-order valence-electron chi connectivity index (χ3n) is 9.02. The number of rotatable bonds is 7. The molecule has 1 aromatic rings. The van der Waals surface area contributed by atoms with E-state index >= 15 is 0 Å². The number of thioether (sulfide) groups is 1. The van der Waals surface area contributed by atoms with Gasteiger partial charge in [0.05, 0.1) is 7.11 Å². The first-order valence-corrected chi connectivity index (χ1v) is 14.7. The van der Waals surface area contributed by atoms with Gasteiger partial charge in [-0.05, 0) is 85.5 Å². The zero-order valence-corrected chi connectivity index (χ0v) is 22.0. The van der Waals surface area contributed by atoms with E-state index in [2.05, 4.69) is 30.4 Å². The minimum Gasteiger partial charge on any atom is -0.497 e. The number of ketones is 1. The number of hydrogen-bond acceptors (Lipinski definition) is 5. The van der Waals surface area contributed by atoms with Gasteiger partial charge in [-0.3, -0.25) is 4.79 Å². The maximum Gasteiger partial charge on any atom is 0.139 e. The van der Waals surface area contributed by atoms with Crippen molar-refractivity contribution in [1.82, 2.24) is 5.32 Å². The predicted octanol–water partition coefficient (Wildman–Crippen LogP) is 5.82. The number of carbonyl (C=O) groups is 2. The highest BCUT2D eigenvalue weighted by molar-refractivity contribution is 7.99. The standard InChI is InChI=1S/C25H34O3.C4H9NS/c1-25-13-12-21-20-11-9-19(28-2)15-17(20)8-10-22(21)24(25)18(16-23(25)27)7-5-3-4-6-14-26;1-3-6-4-2-5-1/h9,11,14-15,18,21-22,24H,3-8,10,12-13,16H2,1-2H3;5H,1-4H2. The van der Waals surface area contributed by atoms with Gasteiger partial charge in [-0.1, -0.05) is 25.8 Å². The van der Waals surface area contributed by atoms with Crippen LogP contribution in [-0.2, 0) is 16.0 Å². The molecule has 1 saturated heterocycles. The maximum atomic E-state index is 13.0. The van der Waals surface area contributed by atoms with Gasteiger partial charge in [-0.15, -0.1) is 0 Å². The number of aldehydes is 1. The highest BCUT2D eigenvalue weighted by Crippen LogP contribution is 2.62. The molecule has 3 fully saturated rings. The quantitative estimate of drug-likeness (QED) is 0.390. The molecule has 4 aliphatic rings. The Kier molecular flexibility index (Phi) is 9.15. The van der Waals surface area contributed by atoms with Gasteiger partial charge in [-0.2, -0.15) is 11.8 Å². The van der Waals surface area contributed by atoms with Gasteiger partial charge in [0.25, 0.3) is 0 Å². The highest BCUT2D eigenvalue weighted by atomic mass is 32.2. The van der Waals surface area contributed by atoms with Crippen molar-refractivity contribution >= 4 is 23.8 Å². The Morgan fingerprint density at radius 3 is 2.68 bits per heavy atom. The van der Waals surface area contributed by atoms with Crippen LogP contribution >= 0.6 is 11.8 Å². The van der Waals surface area contributed by atoms with Crippen LogP contribution in [0.2, 0.25) is 0 Å². The van der Waals surface area contributed by atoms with Crippen molar-refractivity contribution in [2.24, 2.45) is 23.2 Å². The van der Waals surface area contributed by atoms with Gasteiger partial charge in [0.1, 0.15) is 17.8 Å². The molecule has 1 heterocycles. The van der Waals surface area contributed by atoms with E-state index < -0.39 is 0 Å². The van der Waals surface area contributed by atoms with Crippen LogP contribution in [0.1, 0.15) is 81.8 Å². The summed E-state index contributed by atoms with van der Waals surface area (Å²) < 4.78 is 5.44. The Labute approximate surface area is 210 Å². The number of hydrogen-bond donors (Lipinski definition) is 1. The summed E-state index contributed by atoms with van der Waals surface area (Å²) in [5, 5.41) is 3.26. The van der Waals surface area contributed by atoms with E-state index in [-0.39, 0.29) is 5.41 Å². The zero-order valence-electron chi connectivity index (χ0n) is 21.2. The predicted molar refractivity (Wildman–Crippen MR) is 141 cm³/mol. The lowest BCUT2D eigenvalue weighted by molar-refractivity contribution is -0.129. The van der Waals surface area contributed by atoms with Gasteiger partial charge >= 0.3 is 0 Å². The van der Waals surface area contributed by atoms with Crippen molar-refractivity contribution in [2.75, 3.05) is 31.7 Å². The molecule has 5 heteroatoms. The van der Waals surface area contributed by atoms with Crippen LogP contribution in [0.5, 0.6) is 5.75 Å². The molecule has 0 amide bonds. The van der Waals surface area contributed by atoms with Crippen LogP contribution in [0.3, 0.4) is 0 Å². The normalized spacial score (nSPS) is 32.0. The molecule has 0 radical (unpaired) electrons. The number of ether oxygens (including phenoxy) is 1. The Hall–Kier alpha value is -1.33. The molecule has 3 aliphatic carbocycles. The van der Waals surface area contributed by atoms with E-state index in [0.717, 1.165) is 63.4 Å². The minimum absolute atomic E-state index is 0.0986. The zero-order chi connectivity index (χ0) is 24.0. The molecule has 5 rings (SSSR count). The first-order valence-electron chi connectivity index (χ1n) is 13.5. The molecule has 0 bridgehead atoms. The average molecular weight is 486 g/mol. The van der Waals surface area contributed by atoms with Crippen LogP contribution in [0.4, 0.5) is 0 Å². The summed E-state index contributed by atoms with van der Waals surface area (Å²) in [6.07, 6.45) is 11.4. The number of methoxy groups -OCH3 is 1. The number of unbranched alkanes of at least 4 members (excludes halogenated alkanes) is 3. The topological polar surface area (TPSA) is 55.4 Å². The van der Waals surface area contributed by atoms with E-state index in [0.29, 0.717) is 35.9 Å². The molecule has 1 aromatic carbocycles. The van der Waals surface area contributed by atoms with Crippen LogP contribution < -0.4 is 10.1 Å². The maximum absolute atomic E-state index is 13.0. The molecule has 5 atom stereocenters. The van der Waals surface area contributed by atoms with Crippen LogP contribution in [0, 0.1) is 23.2 Å². The molecule has 1 aliphatic heterocycles. The number of carbonyl (C=O) groups excluding carboxylic acids is 2. The van der Waals surface area contributed by atoms with Crippen molar-refractivity contribution in [3.63, 3.8) is 0 Å². The lowest BCUT2D eigenvalue weighted by atomic mass is 9.54. The molecule has 34 heavy (non-hydrogen) atoms. The molecule has 1 N–H and O–H groups in total. The Balaban J connectivity index is 0.000000398. The van der Waals surface area contributed by atoms with E-state index in [1.165, 1.54) is 42.1 Å². The van der Waals surface area contributed by atoms with Crippen molar-refractivity contribution in [1.29, 1.82) is 0 Å². The lowest BCUT2D eigenvalue weighted by Crippen LogP contribution is -2.44. The SMILES string of the molecule is C1CSCCN1.COc1ccc2c(c1)CCC1C2CCC2(C)C(=O)CC(CCCCCC=O)C12. The minimum atomic E-state index is -0.0986. The number of benzene rings is 1. The van der Waals surface area contributed by atoms with Gasteiger partial charge in [-0.25, -0.2) is 0 Å². The Bertz CT molecular complexity index is 827. The fourth-order valence-corrected chi connectivity index (χ4v) is 8.12. The van der Waals surface area contributed by atoms with Crippen LogP contribution in [-0.4, -0.2) is 43.8 Å². The molecule has 4 nitrogen and oxygen atoms in total. The second kappa shape index (κ2) is 12.1. The highest BCUT2D eigenvalue weighted by Gasteiger charge is 2.58. The average Bonchev–Trinajstić information content (AvgIpc) is 3.14. The number of Topliss-reactive ketones (excluding diaryl/α,β-unsaturated/α-hetero) is 1. The third-order valence-corrected chi connectivity index (χ3v) is 10.0. The summed E-state index contributed by atoms with van der Waals surface area (Å²) >= 11 is 2.03. The largest absolute Gasteiger partial charge is 0.497 e. The van der Waals surface area contributed by atoms with E-state index in [4.69, 9.17) is 4.74 Å². The third kappa shape index (κ3) is 5.56. The molecule has 0 spiro atoms. The monoisotopic (exact) mass is 485 g/mol. The van der Waals surface area contributed by atoms with Crippen LogP contribution in [0.25, 0.3) is 0 Å². The molecular formula is C29H43NO3S. The number of aryl methyl sites for hydroxylation is 1. The summed E-state index contributed by atoms with van der Waals surface area (Å²) in [5.41, 5.74) is 2.88. The van der Waals surface area contributed by atoms with Crippen molar-refractivity contribution in [2.45, 2.75) is 77.0 Å². The van der Waals surface area contributed by atoms with E-state index in [9.17, 15) is 9.59 Å². The molecule has 188 valence electrons. The fraction of sp³-hybridized carbons (Fsp3) is 0.724. The second-order valence-electron chi connectivity index (χ2n) is 10.9. The van der Waals surface area contributed by atoms with Crippen molar-refractivity contribution < 1.29 is 14.3 Å². The van der Waals surface area contributed by atoms with Gasteiger partial charge in [0.2, 0.25) is 0 Å². The number of nitrogens with one attached hydrogen (secondary N) is 1. The number of fused-ring (bicyclic) bond motifs is 5. The summed E-state index contributed by atoms with van der Waals surface area (Å²) in [7, 11) is 1.74. The second-order valence-corrected chi connectivity index (χ2v) is 12.1. The van der Waals surface area contributed by atoms with E-state index in [1.807, 2.05) is 11.8 Å². The molecular weight excluding hydrogens is 442 g/mol. The smallest absolute Gasteiger partial charge is 0.139 e. The van der Waals surface area contributed by atoms with Gasteiger partial charge < -0.3 is 14.8 Å². The lowest BCUT2D eigenvalue weighted by Gasteiger charge is -2.50. The molecule has 0 aromatic heterocycles. The molecule has 2 saturated carbocycles. The summed E-state index contributed by atoms with van der Waals surface area (Å²) in [6, 6.07) is 6.63. The first-order chi connectivity index (χ1) is 16.6. The fourth-order valence-electron chi connectivity index (χ4n) is 7.34. The molecule has 5 unspecified atom stereocenters. The van der Waals surface area contributed by atoms with E-state index in [1.54, 1.807) is 7.11 Å². The summed E-state index contributed by atoms with van der Waals surface area (Å²) in [6.45, 7) is 4.70. The summed E-state index contributed by atoms with van der Waals surface area (Å²) in [4.78, 5) is 23.6.